The zero-order chi connectivity index (χ0) is 19.9. The van der Waals surface area contributed by atoms with Gasteiger partial charge in [0.15, 0.2) is 5.78 Å². The number of benzene rings is 1. The van der Waals surface area contributed by atoms with Crippen molar-refractivity contribution >= 4 is 33.5 Å². The van der Waals surface area contributed by atoms with E-state index in [-0.39, 0.29) is 11.5 Å². The molecule has 0 aliphatic carbocycles. The van der Waals surface area contributed by atoms with E-state index in [0.717, 1.165) is 23.3 Å². The van der Waals surface area contributed by atoms with Crippen molar-refractivity contribution < 1.29 is 18.0 Å². The summed E-state index contributed by atoms with van der Waals surface area (Å²) in [5.74, 6) is -0.180. The number of nitrogens with zero attached hydrogens (tertiary/aromatic N) is 3. The van der Waals surface area contributed by atoms with Gasteiger partial charge < -0.3 is 0 Å². The van der Waals surface area contributed by atoms with Gasteiger partial charge >= 0.3 is 11.9 Å². The van der Waals surface area contributed by atoms with Crippen LogP contribution in [0.1, 0.15) is 18.3 Å². The zero-order valence-corrected chi connectivity index (χ0v) is 14.9. The average Bonchev–Trinajstić information content (AvgIpc) is 2.98. The molecule has 0 saturated heterocycles. The van der Waals surface area contributed by atoms with Crippen LogP contribution in [0.4, 0.5) is 13.2 Å². The highest BCUT2D eigenvalue weighted by atomic mass is 32.1. The molecule has 2 heterocycles. The number of hydrogen-bond donors (Lipinski definition) is 0. The zero-order valence-electron chi connectivity index (χ0n) is 14.1. The van der Waals surface area contributed by atoms with Crippen molar-refractivity contribution in [3.8, 4) is 5.69 Å². The van der Waals surface area contributed by atoms with Crippen LogP contribution in [0.3, 0.4) is 0 Å². The van der Waals surface area contributed by atoms with Gasteiger partial charge in [-0.2, -0.15) is 17.5 Å². The Balaban J connectivity index is 2.23. The standard InChI is InChI=1S/C17H12F3N3O3S/c1-9(24)3-5-12-11-7-10(4-6-13(11)27-21-12)23-15(25)8-14(17(18,19)20)22(2)16(23)26/h3-8H,1-2H3. The molecule has 0 aliphatic rings. The van der Waals surface area contributed by atoms with Gasteiger partial charge in [0, 0.05) is 18.5 Å². The number of carbonyl (C=O) groups is 1. The van der Waals surface area contributed by atoms with Gasteiger partial charge in [-0.05, 0) is 48.8 Å². The normalized spacial score (nSPS) is 12.2. The molecule has 0 fully saturated rings. The maximum absolute atomic E-state index is 13.0. The summed E-state index contributed by atoms with van der Waals surface area (Å²) in [7, 11) is 0.951. The van der Waals surface area contributed by atoms with Crippen molar-refractivity contribution in [1.82, 2.24) is 13.5 Å². The van der Waals surface area contributed by atoms with E-state index in [1.54, 1.807) is 6.07 Å². The highest BCUT2D eigenvalue weighted by Gasteiger charge is 2.35. The second kappa shape index (κ2) is 6.62. The van der Waals surface area contributed by atoms with E-state index in [2.05, 4.69) is 4.37 Å². The largest absolute Gasteiger partial charge is 0.431 e. The molecular formula is C17H12F3N3O3S. The number of hydrogen-bond acceptors (Lipinski definition) is 5. The summed E-state index contributed by atoms with van der Waals surface area (Å²) in [5.41, 5.74) is -2.95. The number of aromatic nitrogens is 3. The second-order valence-electron chi connectivity index (χ2n) is 5.73. The van der Waals surface area contributed by atoms with Crippen molar-refractivity contribution in [3.63, 3.8) is 0 Å². The van der Waals surface area contributed by atoms with E-state index in [4.69, 9.17) is 0 Å². The Bertz CT molecular complexity index is 1200. The predicted molar refractivity (Wildman–Crippen MR) is 95.2 cm³/mol. The molecule has 140 valence electrons. The van der Waals surface area contributed by atoms with Crippen LogP contribution < -0.4 is 11.2 Å². The topological polar surface area (TPSA) is 74.0 Å². The lowest BCUT2D eigenvalue weighted by Gasteiger charge is -2.13. The first-order chi connectivity index (χ1) is 12.6. The van der Waals surface area contributed by atoms with Crippen LogP contribution in [0, 0.1) is 0 Å². The van der Waals surface area contributed by atoms with Crippen LogP contribution >= 0.6 is 11.5 Å². The molecule has 0 aliphatic heterocycles. The minimum atomic E-state index is -4.82. The quantitative estimate of drug-likeness (QED) is 0.640. The van der Waals surface area contributed by atoms with Gasteiger partial charge in [-0.15, -0.1) is 0 Å². The van der Waals surface area contributed by atoms with Gasteiger partial charge in [0.2, 0.25) is 0 Å². The summed E-state index contributed by atoms with van der Waals surface area (Å²) in [6.07, 6.45) is -2.00. The summed E-state index contributed by atoms with van der Waals surface area (Å²) in [6.45, 7) is 1.38. The molecule has 0 radical (unpaired) electrons. The molecule has 0 N–H and O–H groups in total. The first-order valence-electron chi connectivity index (χ1n) is 7.58. The van der Waals surface area contributed by atoms with E-state index in [9.17, 15) is 27.6 Å². The van der Waals surface area contributed by atoms with E-state index in [1.807, 2.05) is 0 Å². The van der Waals surface area contributed by atoms with Gasteiger partial charge in [-0.1, -0.05) is 0 Å². The molecule has 2 aromatic heterocycles. The third kappa shape index (κ3) is 3.47. The smallest absolute Gasteiger partial charge is 0.295 e. The second-order valence-corrected chi connectivity index (χ2v) is 6.54. The molecule has 0 amide bonds. The van der Waals surface area contributed by atoms with Crippen molar-refractivity contribution in [2.24, 2.45) is 7.05 Å². The molecule has 0 spiro atoms. The van der Waals surface area contributed by atoms with Crippen molar-refractivity contribution in [2.45, 2.75) is 13.1 Å². The lowest BCUT2D eigenvalue weighted by atomic mass is 10.2. The van der Waals surface area contributed by atoms with Gasteiger partial charge in [-0.25, -0.2) is 9.36 Å². The number of halogens is 3. The number of ketones is 1. The number of alkyl halides is 3. The van der Waals surface area contributed by atoms with Gasteiger partial charge in [0.05, 0.1) is 16.1 Å². The SMILES string of the molecule is CC(=O)C=Cc1nsc2ccc(-n3c(=O)cc(C(F)(F)F)n(C)c3=O)cc12. The van der Waals surface area contributed by atoms with Gasteiger partial charge in [0.25, 0.3) is 5.56 Å². The van der Waals surface area contributed by atoms with Crippen molar-refractivity contribution in [3.05, 3.63) is 62.6 Å². The fourth-order valence-electron chi connectivity index (χ4n) is 2.54. The van der Waals surface area contributed by atoms with E-state index in [1.165, 1.54) is 31.2 Å². The Morgan fingerprint density at radius 2 is 1.93 bits per heavy atom. The molecule has 10 heteroatoms. The molecular weight excluding hydrogens is 383 g/mol. The summed E-state index contributed by atoms with van der Waals surface area (Å²) in [5, 5.41) is 0.573. The third-order valence-electron chi connectivity index (χ3n) is 3.83. The van der Waals surface area contributed by atoms with E-state index >= 15 is 0 Å². The highest BCUT2D eigenvalue weighted by Crippen LogP contribution is 2.28. The van der Waals surface area contributed by atoms with Crippen LogP contribution in [-0.4, -0.2) is 19.3 Å². The molecule has 0 unspecified atom stereocenters. The fraction of sp³-hybridized carbons (Fsp3) is 0.176. The molecule has 0 saturated carbocycles. The highest BCUT2D eigenvalue weighted by molar-refractivity contribution is 7.13. The Morgan fingerprint density at radius 3 is 2.56 bits per heavy atom. The van der Waals surface area contributed by atoms with Crippen LogP contribution in [-0.2, 0) is 18.0 Å². The Morgan fingerprint density at radius 1 is 1.22 bits per heavy atom. The minimum Gasteiger partial charge on any atom is -0.295 e. The minimum absolute atomic E-state index is 0.111. The Hall–Kier alpha value is -3.01. The maximum atomic E-state index is 13.0. The van der Waals surface area contributed by atoms with Gasteiger partial charge in [0.1, 0.15) is 5.69 Å². The lowest BCUT2D eigenvalue weighted by Crippen LogP contribution is -2.40. The molecule has 3 aromatic rings. The van der Waals surface area contributed by atoms with Crippen LogP contribution in [0.2, 0.25) is 0 Å². The van der Waals surface area contributed by atoms with Crippen molar-refractivity contribution in [2.75, 3.05) is 0 Å². The van der Waals surface area contributed by atoms with Crippen LogP contribution in [0.25, 0.3) is 21.8 Å². The summed E-state index contributed by atoms with van der Waals surface area (Å²) in [6, 6.07) is 4.93. The third-order valence-corrected chi connectivity index (χ3v) is 4.67. The van der Waals surface area contributed by atoms with Gasteiger partial charge in [-0.3, -0.25) is 14.2 Å². The molecule has 3 rings (SSSR count). The summed E-state index contributed by atoms with van der Waals surface area (Å²) in [4.78, 5) is 35.7. The molecule has 6 nitrogen and oxygen atoms in total. The monoisotopic (exact) mass is 395 g/mol. The molecule has 1 aromatic carbocycles. The number of fused-ring (bicyclic) bond motifs is 1. The first-order valence-corrected chi connectivity index (χ1v) is 8.35. The van der Waals surface area contributed by atoms with E-state index in [0.29, 0.717) is 26.3 Å². The Labute approximate surface area is 154 Å². The number of allylic oxidation sites excluding steroid dienone is 1. The molecule has 27 heavy (non-hydrogen) atoms. The predicted octanol–water partition coefficient (Wildman–Crippen LogP) is 2.77. The summed E-state index contributed by atoms with van der Waals surface area (Å²) < 4.78 is 44.9. The maximum Gasteiger partial charge on any atom is 0.431 e. The lowest BCUT2D eigenvalue weighted by molar-refractivity contribution is -0.144. The first kappa shape index (κ1) is 18.8. The van der Waals surface area contributed by atoms with Crippen molar-refractivity contribution in [1.29, 1.82) is 0 Å². The number of rotatable bonds is 3. The fourth-order valence-corrected chi connectivity index (χ4v) is 3.28. The van der Waals surface area contributed by atoms with E-state index < -0.39 is 23.1 Å². The van der Waals surface area contributed by atoms with Crippen LogP contribution in [0.5, 0.6) is 0 Å². The Kier molecular flexibility index (Phi) is 4.60. The molecule has 0 bridgehead atoms. The number of carbonyl (C=O) groups excluding carboxylic acids is 1. The van der Waals surface area contributed by atoms with Crippen LogP contribution in [0.15, 0.2) is 39.9 Å². The summed E-state index contributed by atoms with van der Waals surface area (Å²) >= 11 is 1.15. The average molecular weight is 395 g/mol. The molecule has 0 atom stereocenters.